The maximum absolute atomic E-state index is 12.0. The lowest BCUT2D eigenvalue weighted by molar-refractivity contribution is -0.117. The zero-order valence-electron chi connectivity index (χ0n) is 16.6. The summed E-state index contributed by atoms with van der Waals surface area (Å²) in [5, 5.41) is 11.5. The van der Waals surface area contributed by atoms with Crippen LogP contribution < -0.4 is 5.32 Å². The van der Waals surface area contributed by atoms with Gasteiger partial charge in [-0.2, -0.15) is 18.9 Å². The van der Waals surface area contributed by atoms with E-state index in [9.17, 15) is 13.2 Å². The van der Waals surface area contributed by atoms with Gasteiger partial charge in [-0.1, -0.05) is 0 Å². The number of fused-ring (bicyclic) bond motifs is 1. The molecular formula is C18H19N9O3S. The van der Waals surface area contributed by atoms with Crippen LogP contribution in [0.2, 0.25) is 0 Å². The van der Waals surface area contributed by atoms with Gasteiger partial charge in [0.25, 0.3) is 0 Å². The minimum Gasteiger partial charge on any atom is -0.314 e. The Hall–Kier alpha value is -3.37. The number of rotatable bonds is 6. The van der Waals surface area contributed by atoms with Crippen molar-refractivity contribution < 1.29 is 13.2 Å². The van der Waals surface area contributed by atoms with Crippen LogP contribution in [0.4, 0.5) is 5.95 Å². The number of hydrogen-bond acceptors (Lipinski definition) is 7. The smallest absolute Gasteiger partial charge is 0.249 e. The molecule has 31 heavy (non-hydrogen) atoms. The lowest BCUT2D eigenvalue weighted by Crippen LogP contribution is -2.65. The van der Waals surface area contributed by atoms with Crippen LogP contribution in [0.3, 0.4) is 0 Å². The van der Waals surface area contributed by atoms with E-state index < -0.39 is 15.6 Å². The summed E-state index contributed by atoms with van der Waals surface area (Å²) in [6.45, 7) is 7.77. The van der Waals surface area contributed by atoms with Crippen molar-refractivity contribution in [2.24, 2.45) is 5.92 Å². The zero-order chi connectivity index (χ0) is 21.8. The Bertz CT molecular complexity index is 1330. The van der Waals surface area contributed by atoms with Crippen molar-refractivity contribution in [3.63, 3.8) is 0 Å². The van der Waals surface area contributed by atoms with Crippen molar-refractivity contribution in [3.05, 3.63) is 36.1 Å². The zero-order valence-corrected chi connectivity index (χ0v) is 17.4. The van der Waals surface area contributed by atoms with Crippen molar-refractivity contribution >= 4 is 27.5 Å². The number of aromatic nitrogens is 6. The molecule has 1 N–H and O–H groups in total. The molecule has 5 rings (SSSR count). The first-order valence-corrected chi connectivity index (χ1v) is 11.5. The molecule has 2 aliphatic rings. The molecular weight excluding hydrogens is 422 g/mol. The molecule has 1 aliphatic carbocycles. The van der Waals surface area contributed by atoms with Crippen LogP contribution >= 0.6 is 0 Å². The predicted molar refractivity (Wildman–Crippen MR) is 109 cm³/mol. The third-order valence-electron chi connectivity index (χ3n) is 5.55. The number of anilines is 1. The average molecular weight is 441 g/mol. The van der Waals surface area contributed by atoms with Crippen molar-refractivity contribution in [3.8, 4) is 11.4 Å². The Balaban J connectivity index is 1.46. The number of carbonyl (C=O) groups is 1. The van der Waals surface area contributed by atoms with Crippen LogP contribution in [0.15, 0.2) is 24.7 Å². The highest BCUT2D eigenvalue weighted by Crippen LogP contribution is 2.33. The lowest BCUT2D eigenvalue weighted by Gasteiger charge is -2.45. The van der Waals surface area contributed by atoms with E-state index in [1.54, 1.807) is 29.3 Å². The highest BCUT2D eigenvalue weighted by Gasteiger charge is 2.52. The summed E-state index contributed by atoms with van der Waals surface area (Å²) in [4.78, 5) is 24.2. The average Bonchev–Trinajstić information content (AvgIpc) is 3.28. The summed E-state index contributed by atoms with van der Waals surface area (Å²) >= 11 is 0. The predicted octanol–water partition coefficient (Wildman–Crippen LogP) is 0.226. The number of hydrogen-bond donors (Lipinski definition) is 1. The molecule has 1 aliphatic heterocycles. The second-order valence-corrected chi connectivity index (χ2v) is 9.97. The molecule has 0 atom stereocenters. The SMILES string of the molecule is [C-]#[N+]CC1(n2cc(-c3nccc4nc(NC(=O)C5CC5)nn34)cn2)CN(S(C)(=O)=O)C1. The van der Waals surface area contributed by atoms with E-state index in [-0.39, 0.29) is 37.4 Å². The number of nitrogens with zero attached hydrogens (tertiary/aromatic N) is 8. The Morgan fingerprint density at radius 3 is 2.84 bits per heavy atom. The molecule has 1 amide bonds. The molecule has 3 aromatic heterocycles. The van der Waals surface area contributed by atoms with Gasteiger partial charge in [-0.05, 0) is 12.8 Å². The maximum Gasteiger partial charge on any atom is 0.249 e. The number of carbonyl (C=O) groups excluding carboxylic acids is 1. The van der Waals surface area contributed by atoms with Gasteiger partial charge in [0.15, 0.2) is 17.0 Å². The molecule has 0 spiro atoms. The summed E-state index contributed by atoms with van der Waals surface area (Å²) in [5.74, 6) is 0.640. The van der Waals surface area contributed by atoms with E-state index in [2.05, 4.69) is 30.3 Å². The summed E-state index contributed by atoms with van der Waals surface area (Å²) in [6, 6.07) is 1.68. The normalized spacial score (nSPS) is 18.5. The lowest BCUT2D eigenvalue weighted by atomic mass is 9.93. The van der Waals surface area contributed by atoms with Gasteiger partial charge in [-0.15, -0.1) is 5.10 Å². The van der Waals surface area contributed by atoms with E-state index in [4.69, 9.17) is 6.57 Å². The highest BCUT2D eigenvalue weighted by molar-refractivity contribution is 7.88. The quantitative estimate of drug-likeness (QED) is 0.542. The van der Waals surface area contributed by atoms with E-state index in [1.165, 1.54) is 8.82 Å². The number of amides is 1. The molecule has 12 nitrogen and oxygen atoms in total. The van der Waals surface area contributed by atoms with Gasteiger partial charge >= 0.3 is 0 Å². The van der Waals surface area contributed by atoms with Crippen LogP contribution in [0.25, 0.3) is 21.9 Å². The fourth-order valence-electron chi connectivity index (χ4n) is 3.63. The Morgan fingerprint density at radius 2 is 2.16 bits per heavy atom. The Morgan fingerprint density at radius 1 is 1.39 bits per heavy atom. The van der Waals surface area contributed by atoms with Crippen LogP contribution in [-0.4, -0.2) is 73.9 Å². The number of sulfonamides is 1. The van der Waals surface area contributed by atoms with E-state index in [1.807, 2.05) is 0 Å². The van der Waals surface area contributed by atoms with Crippen molar-refractivity contribution in [2.75, 3.05) is 31.2 Å². The monoisotopic (exact) mass is 441 g/mol. The third-order valence-corrected chi connectivity index (χ3v) is 6.74. The molecule has 2 fully saturated rings. The topological polar surface area (TPSA) is 132 Å². The van der Waals surface area contributed by atoms with Crippen molar-refractivity contribution in [2.45, 2.75) is 18.4 Å². The van der Waals surface area contributed by atoms with Crippen LogP contribution in [-0.2, 0) is 20.4 Å². The van der Waals surface area contributed by atoms with E-state index >= 15 is 0 Å². The molecule has 1 saturated heterocycles. The first-order valence-electron chi connectivity index (χ1n) is 9.66. The first kappa shape index (κ1) is 19.6. The minimum atomic E-state index is -3.33. The Kier molecular flexibility index (Phi) is 4.31. The second-order valence-electron chi connectivity index (χ2n) is 7.98. The minimum absolute atomic E-state index is 0.0371. The van der Waals surface area contributed by atoms with Gasteiger partial charge in [0.2, 0.25) is 28.4 Å². The molecule has 0 unspecified atom stereocenters. The highest BCUT2D eigenvalue weighted by atomic mass is 32.2. The fourth-order valence-corrected chi connectivity index (χ4v) is 4.58. The summed E-state index contributed by atoms with van der Waals surface area (Å²) in [6.07, 6.45) is 7.84. The van der Waals surface area contributed by atoms with Gasteiger partial charge in [0.05, 0.1) is 18.0 Å². The molecule has 1 saturated carbocycles. The molecule has 0 radical (unpaired) electrons. The van der Waals surface area contributed by atoms with Gasteiger partial charge in [0.1, 0.15) is 0 Å². The fraction of sp³-hybridized carbons (Fsp3) is 0.444. The summed E-state index contributed by atoms with van der Waals surface area (Å²) < 4.78 is 28.1. The largest absolute Gasteiger partial charge is 0.314 e. The van der Waals surface area contributed by atoms with Crippen LogP contribution in [0.5, 0.6) is 0 Å². The molecule has 0 bridgehead atoms. The number of nitrogens with one attached hydrogen (secondary N) is 1. The molecule has 3 aromatic rings. The Labute approximate surface area is 177 Å². The summed E-state index contributed by atoms with van der Waals surface area (Å²) in [7, 11) is -3.33. The maximum atomic E-state index is 12.0. The standard InChI is InChI=1S/C18H19N9O3S/c1-19-9-18(10-25(11-18)31(2,29)30)26-8-13(7-21-26)15-20-6-5-14-22-17(24-27(14)15)23-16(28)12-3-4-12/h5-8,12H,3-4,9-11H2,2H3,(H,23,24,28). The van der Waals surface area contributed by atoms with Gasteiger partial charge < -0.3 is 4.85 Å². The van der Waals surface area contributed by atoms with E-state index in [0.29, 0.717) is 17.0 Å². The molecule has 0 aromatic carbocycles. The van der Waals surface area contributed by atoms with Crippen LogP contribution in [0.1, 0.15) is 12.8 Å². The first-order chi connectivity index (χ1) is 14.8. The third kappa shape index (κ3) is 3.43. The van der Waals surface area contributed by atoms with Crippen molar-refractivity contribution in [1.29, 1.82) is 0 Å². The second kappa shape index (κ2) is 6.82. The van der Waals surface area contributed by atoms with Gasteiger partial charge in [-0.3, -0.25) is 14.8 Å². The van der Waals surface area contributed by atoms with E-state index in [0.717, 1.165) is 19.1 Å². The van der Waals surface area contributed by atoms with Gasteiger partial charge in [0, 0.05) is 37.5 Å². The van der Waals surface area contributed by atoms with Gasteiger partial charge in [-0.25, -0.2) is 20.0 Å². The van der Waals surface area contributed by atoms with Crippen molar-refractivity contribution in [1.82, 2.24) is 33.7 Å². The van der Waals surface area contributed by atoms with Crippen LogP contribution in [0, 0.1) is 12.5 Å². The molecule has 160 valence electrons. The molecule has 13 heteroatoms. The summed E-state index contributed by atoms with van der Waals surface area (Å²) in [5.41, 5.74) is 0.437. The molecule has 4 heterocycles.